The summed E-state index contributed by atoms with van der Waals surface area (Å²) < 4.78 is 1.78. The molecule has 2 N–H and O–H groups in total. The van der Waals surface area contributed by atoms with Gasteiger partial charge in [0.05, 0.1) is 12.2 Å². The smallest absolute Gasteiger partial charge is 0.234 e. The lowest BCUT2D eigenvalue weighted by atomic mass is 10.1. The van der Waals surface area contributed by atoms with E-state index in [0.717, 1.165) is 22.0 Å². The Morgan fingerprint density at radius 1 is 1.06 bits per heavy atom. The topological polar surface area (TPSA) is 88.9 Å². The lowest BCUT2D eigenvalue weighted by Crippen LogP contribution is -2.18. The molecule has 0 aliphatic rings. The van der Waals surface area contributed by atoms with E-state index in [-0.39, 0.29) is 24.0 Å². The number of hydrogen-bond donors (Lipinski definition) is 2. The maximum absolute atomic E-state index is 12.7. The van der Waals surface area contributed by atoms with Crippen LogP contribution in [0.4, 0.5) is 11.4 Å². The Balaban J connectivity index is 1.40. The number of benzene rings is 3. The number of amides is 2. The van der Waals surface area contributed by atoms with Crippen molar-refractivity contribution in [3.05, 3.63) is 89.7 Å². The van der Waals surface area contributed by atoms with Crippen LogP contribution in [0.2, 0.25) is 5.02 Å². The maximum Gasteiger partial charge on any atom is 0.234 e. The number of nitrogens with one attached hydrogen (secondary N) is 2. The van der Waals surface area contributed by atoms with Gasteiger partial charge < -0.3 is 15.2 Å². The molecule has 4 rings (SSSR count). The molecule has 4 aromatic rings. The number of nitrogens with zero attached hydrogens (tertiary/aromatic N) is 3. The van der Waals surface area contributed by atoms with Gasteiger partial charge in [-0.25, -0.2) is 0 Å². The predicted molar refractivity (Wildman–Crippen MR) is 142 cm³/mol. The number of hydrogen-bond acceptors (Lipinski definition) is 5. The second-order valence-corrected chi connectivity index (χ2v) is 9.20. The first kappa shape index (κ1) is 24.5. The highest BCUT2D eigenvalue weighted by Gasteiger charge is 2.17. The molecule has 0 fully saturated rings. The highest BCUT2D eigenvalue weighted by atomic mass is 35.5. The summed E-state index contributed by atoms with van der Waals surface area (Å²) in [5.74, 6) is 0.229. The third-order valence-electron chi connectivity index (χ3n) is 5.28. The first-order chi connectivity index (χ1) is 16.9. The van der Waals surface area contributed by atoms with Gasteiger partial charge in [-0.2, -0.15) is 0 Å². The largest absolute Gasteiger partial charge is 0.326 e. The molecule has 178 valence electrons. The van der Waals surface area contributed by atoms with Crippen molar-refractivity contribution in [3.63, 3.8) is 0 Å². The number of allylic oxidation sites excluding steroid dienone is 1. The summed E-state index contributed by atoms with van der Waals surface area (Å²) in [5, 5.41) is 17.3. The molecule has 3 aromatic carbocycles. The van der Waals surface area contributed by atoms with Crippen LogP contribution < -0.4 is 10.6 Å². The molecule has 35 heavy (non-hydrogen) atoms. The van der Waals surface area contributed by atoms with Crippen LogP contribution >= 0.6 is 23.4 Å². The second kappa shape index (κ2) is 11.2. The third kappa shape index (κ3) is 6.09. The van der Waals surface area contributed by atoms with Crippen molar-refractivity contribution in [1.82, 2.24) is 14.8 Å². The van der Waals surface area contributed by atoms with Gasteiger partial charge in [-0.3, -0.25) is 9.59 Å². The minimum atomic E-state index is -0.243. The Morgan fingerprint density at radius 2 is 1.86 bits per heavy atom. The molecule has 9 heteroatoms. The number of thioether (sulfide) groups is 1. The molecule has 0 unspecified atom stereocenters. The van der Waals surface area contributed by atoms with Gasteiger partial charge in [0.2, 0.25) is 11.8 Å². The second-order valence-electron chi connectivity index (χ2n) is 7.85. The molecular weight excluding hydrogens is 482 g/mol. The van der Waals surface area contributed by atoms with E-state index in [1.165, 1.54) is 11.8 Å². The fraction of sp³-hybridized carbons (Fsp3) is 0.154. The molecule has 0 bridgehead atoms. The quantitative estimate of drug-likeness (QED) is 0.232. The van der Waals surface area contributed by atoms with E-state index < -0.39 is 0 Å². The minimum Gasteiger partial charge on any atom is -0.326 e. The van der Waals surface area contributed by atoms with Gasteiger partial charge in [-0.15, -0.1) is 16.8 Å². The van der Waals surface area contributed by atoms with Gasteiger partial charge in [0.25, 0.3) is 0 Å². The van der Waals surface area contributed by atoms with Crippen molar-refractivity contribution in [2.24, 2.45) is 0 Å². The molecule has 1 heterocycles. The van der Waals surface area contributed by atoms with E-state index in [0.29, 0.717) is 28.2 Å². The van der Waals surface area contributed by atoms with Crippen LogP contribution in [0.15, 0.2) is 78.5 Å². The van der Waals surface area contributed by atoms with Crippen molar-refractivity contribution >= 4 is 57.3 Å². The molecule has 0 saturated heterocycles. The summed E-state index contributed by atoms with van der Waals surface area (Å²) >= 11 is 7.40. The van der Waals surface area contributed by atoms with E-state index in [1.807, 2.05) is 55.5 Å². The van der Waals surface area contributed by atoms with Crippen LogP contribution in [-0.4, -0.2) is 32.3 Å². The normalized spacial score (nSPS) is 10.8. The standard InChI is InChI=1S/C26H24ClN5O2S/c1-3-13-32-23(15-24(33)28-19-12-11-17(2)21(27)14-19)30-31-26(32)35-16-25(34)29-22-10-6-8-18-7-4-5-9-20(18)22/h3-12,14H,1,13,15-16H2,2H3,(H,28,33)(H,29,34). The van der Waals surface area contributed by atoms with Gasteiger partial charge in [-0.05, 0) is 36.1 Å². The van der Waals surface area contributed by atoms with Crippen LogP contribution in [0, 0.1) is 6.92 Å². The van der Waals surface area contributed by atoms with Crippen LogP contribution in [0.5, 0.6) is 0 Å². The van der Waals surface area contributed by atoms with E-state index in [4.69, 9.17) is 11.6 Å². The number of rotatable bonds is 9. The van der Waals surface area contributed by atoms with Gasteiger partial charge >= 0.3 is 0 Å². The minimum absolute atomic E-state index is 0.0229. The molecule has 0 aliphatic carbocycles. The molecular formula is C26H24ClN5O2S. The number of carbonyl (C=O) groups excluding carboxylic acids is 2. The summed E-state index contributed by atoms with van der Waals surface area (Å²) in [6.07, 6.45) is 1.72. The fourth-order valence-corrected chi connectivity index (χ4v) is 4.49. The third-order valence-corrected chi connectivity index (χ3v) is 6.65. The zero-order chi connectivity index (χ0) is 24.8. The van der Waals surface area contributed by atoms with Crippen molar-refractivity contribution < 1.29 is 9.59 Å². The number of fused-ring (bicyclic) bond motifs is 1. The lowest BCUT2D eigenvalue weighted by molar-refractivity contribution is -0.116. The molecule has 0 saturated carbocycles. The maximum atomic E-state index is 12.7. The summed E-state index contributed by atoms with van der Waals surface area (Å²) in [5.41, 5.74) is 2.30. The summed E-state index contributed by atoms with van der Waals surface area (Å²) in [4.78, 5) is 25.2. The average molecular weight is 506 g/mol. The van der Waals surface area contributed by atoms with Crippen molar-refractivity contribution in [3.8, 4) is 0 Å². The molecule has 0 spiro atoms. The van der Waals surface area contributed by atoms with Gasteiger partial charge in [-0.1, -0.05) is 71.9 Å². The zero-order valence-corrected chi connectivity index (χ0v) is 20.7. The average Bonchev–Trinajstić information content (AvgIpc) is 3.21. The van der Waals surface area contributed by atoms with E-state index in [9.17, 15) is 9.59 Å². The highest BCUT2D eigenvalue weighted by Crippen LogP contribution is 2.24. The van der Waals surface area contributed by atoms with Crippen LogP contribution in [-0.2, 0) is 22.6 Å². The molecule has 2 amide bonds. The Kier molecular flexibility index (Phi) is 7.84. The van der Waals surface area contributed by atoms with Crippen LogP contribution in [0.25, 0.3) is 10.8 Å². The monoisotopic (exact) mass is 505 g/mol. The van der Waals surface area contributed by atoms with Crippen LogP contribution in [0.3, 0.4) is 0 Å². The summed E-state index contributed by atoms with van der Waals surface area (Å²) in [6, 6.07) is 19.0. The van der Waals surface area contributed by atoms with E-state index in [2.05, 4.69) is 27.4 Å². The Labute approximate surface area is 212 Å². The first-order valence-electron chi connectivity index (χ1n) is 10.9. The summed E-state index contributed by atoms with van der Waals surface area (Å²) in [6.45, 7) is 6.09. The molecule has 0 radical (unpaired) electrons. The molecule has 0 atom stereocenters. The molecule has 0 aliphatic heterocycles. The number of aromatic nitrogens is 3. The number of aryl methyl sites for hydroxylation is 1. The van der Waals surface area contributed by atoms with Gasteiger partial charge in [0, 0.05) is 28.3 Å². The first-order valence-corrected chi connectivity index (χ1v) is 12.3. The van der Waals surface area contributed by atoms with Gasteiger partial charge in [0.15, 0.2) is 5.16 Å². The molecule has 1 aromatic heterocycles. The summed E-state index contributed by atoms with van der Waals surface area (Å²) in [7, 11) is 0. The van der Waals surface area contributed by atoms with Crippen molar-refractivity contribution in [1.29, 1.82) is 0 Å². The Morgan fingerprint density at radius 3 is 2.66 bits per heavy atom. The number of halogens is 1. The van der Waals surface area contributed by atoms with Crippen molar-refractivity contribution in [2.75, 3.05) is 16.4 Å². The van der Waals surface area contributed by atoms with E-state index in [1.54, 1.807) is 22.8 Å². The Hall–Kier alpha value is -3.62. The molecule has 7 nitrogen and oxygen atoms in total. The van der Waals surface area contributed by atoms with E-state index >= 15 is 0 Å². The highest BCUT2D eigenvalue weighted by molar-refractivity contribution is 7.99. The predicted octanol–water partition coefficient (Wildman–Crippen LogP) is 5.49. The number of carbonyl (C=O) groups is 2. The number of anilines is 2. The Bertz CT molecular complexity index is 1400. The zero-order valence-electron chi connectivity index (χ0n) is 19.1. The SMILES string of the molecule is C=CCn1c(CC(=O)Nc2ccc(C)c(Cl)c2)nnc1SCC(=O)Nc1cccc2ccccc12. The van der Waals surface area contributed by atoms with Gasteiger partial charge in [0.1, 0.15) is 5.82 Å². The lowest BCUT2D eigenvalue weighted by Gasteiger charge is -2.10. The van der Waals surface area contributed by atoms with Crippen LogP contribution in [0.1, 0.15) is 11.4 Å². The van der Waals surface area contributed by atoms with Crippen molar-refractivity contribution in [2.45, 2.75) is 25.0 Å². The fourth-order valence-electron chi connectivity index (χ4n) is 3.54.